The molecule has 1 N–H and O–H groups in total. The summed E-state index contributed by atoms with van der Waals surface area (Å²) in [6, 6.07) is 4.29. The second-order valence-electron chi connectivity index (χ2n) is 3.81. The van der Waals surface area contributed by atoms with Gasteiger partial charge in [0.25, 0.3) is 0 Å². The number of methoxy groups -OCH3 is 1. The molecular weight excluding hydrogens is 289 g/mol. The lowest BCUT2D eigenvalue weighted by Crippen LogP contribution is -2.36. The number of carbonyl (C=O) groups is 1. The van der Waals surface area contributed by atoms with Gasteiger partial charge in [-0.25, -0.2) is 4.39 Å². The van der Waals surface area contributed by atoms with Crippen LogP contribution >= 0.6 is 15.9 Å². The van der Waals surface area contributed by atoms with Gasteiger partial charge in [-0.1, -0.05) is 6.07 Å². The van der Waals surface area contributed by atoms with Gasteiger partial charge in [0.05, 0.1) is 11.6 Å². The smallest absolute Gasteiger partial charge is 0.322 e. The maximum Gasteiger partial charge on any atom is 0.322 e. The number of ether oxygens (including phenoxy) is 1. The third kappa shape index (κ3) is 3.78. The molecule has 0 aliphatic heterocycles. The Kier molecular flexibility index (Phi) is 5.08. The van der Waals surface area contributed by atoms with E-state index in [2.05, 4.69) is 26.0 Å². The first-order valence-corrected chi connectivity index (χ1v) is 6.03. The van der Waals surface area contributed by atoms with E-state index >= 15 is 0 Å². The van der Waals surface area contributed by atoms with E-state index in [0.717, 1.165) is 5.56 Å². The first-order chi connectivity index (χ1) is 7.95. The molecule has 0 aromatic heterocycles. The average Bonchev–Trinajstić information content (AvgIpc) is 2.31. The molecule has 0 bridgehead atoms. The van der Waals surface area contributed by atoms with Crippen LogP contribution in [-0.4, -0.2) is 19.1 Å². The van der Waals surface area contributed by atoms with Crippen LogP contribution in [0.4, 0.5) is 4.39 Å². The number of carbonyl (C=O) groups excluding carboxylic acids is 1. The van der Waals surface area contributed by atoms with Crippen molar-refractivity contribution in [3.63, 3.8) is 0 Å². The number of nitrogens with one attached hydrogen (secondary N) is 1. The average molecular weight is 304 g/mol. The van der Waals surface area contributed by atoms with Crippen molar-refractivity contribution in [2.45, 2.75) is 25.9 Å². The SMILES string of the molecule is COC(=O)[C@H](C)NC(C)c1ccc(F)c(Br)c1. The summed E-state index contributed by atoms with van der Waals surface area (Å²) >= 11 is 3.13. The molecule has 1 rings (SSSR count). The summed E-state index contributed by atoms with van der Waals surface area (Å²) in [6.45, 7) is 3.63. The molecule has 0 spiro atoms. The van der Waals surface area contributed by atoms with Crippen LogP contribution in [0, 0.1) is 5.82 Å². The van der Waals surface area contributed by atoms with Crippen LogP contribution in [0.1, 0.15) is 25.5 Å². The molecule has 0 radical (unpaired) electrons. The van der Waals surface area contributed by atoms with E-state index in [4.69, 9.17) is 0 Å². The van der Waals surface area contributed by atoms with Gasteiger partial charge in [-0.15, -0.1) is 0 Å². The highest BCUT2D eigenvalue weighted by molar-refractivity contribution is 9.10. The van der Waals surface area contributed by atoms with Crippen LogP contribution in [0.15, 0.2) is 22.7 Å². The van der Waals surface area contributed by atoms with Crippen LogP contribution in [-0.2, 0) is 9.53 Å². The number of esters is 1. The second-order valence-corrected chi connectivity index (χ2v) is 4.66. The molecular formula is C12H15BrFNO2. The van der Waals surface area contributed by atoms with Gasteiger partial charge in [-0.05, 0) is 47.5 Å². The first kappa shape index (κ1) is 14.1. The maximum absolute atomic E-state index is 13.1. The highest BCUT2D eigenvalue weighted by Crippen LogP contribution is 2.21. The number of hydrogen-bond acceptors (Lipinski definition) is 3. The maximum atomic E-state index is 13.1. The van der Waals surface area contributed by atoms with E-state index in [-0.39, 0.29) is 17.8 Å². The van der Waals surface area contributed by atoms with Gasteiger partial charge in [-0.2, -0.15) is 0 Å². The summed E-state index contributed by atoms with van der Waals surface area (Å²) in [5, 5.41) is 3.08. The van der Waals surface area contributed by atoms with Crippen molar-refractivity contribution in [1.82, 2.24) is 5.32 Å². The lowest BCUT2D eigenvalue weighted by atomic mass is 10.1. The standard InChI is InChI=1S/C12H15BrFNO2/c1-7(15-8(2)12(16)17-3)9-4-5-11(14)10(13)6-9/h4-8,15H,1-3H3/t7?,8-/m0/s1. The quantitative estimate of drug-likeness (QED) is 0.869. The molecule has 0 fully saturated rings. The number of hydrogen-bond donors (Lipinski definition) is 1. The molecule has 1 aromatic rings. The minimum atomic E-state index is -0.404. The normalized spacial score (nSPS) is 14.2. The molecule has 5 heteroatoms. The Morgan fingerprint density at radius 3 is 2.65 bits per heavy atom. The molecule has 1 unspecified atom stereocenters. The second kappa shape index (κ2) is 6.12. The van der Waals surface area contributed by atoms with Gasteiger partial charge in [0, 0.05) is 6.04 Å². The van der Waals surface area contributed by atoms with Crippen molar-refractivity contribution in [2.24, 2.45) is 0 Å². The van der Waals surface area contributed by atoms with Crippen molar-refractivity contribution < 1.29 is 13.9 Å². The predicted molar refractivity (Wildman–Crippen MR) is 67.1 cm³/mol. The highest BCUT2D eigenvalue weighted by atomic mass is 79.9. The molecule has 0 aliphatic rings. The van der Waals surface area contributed by atoms with Crippen molar-refractivity contribution in [2.75, 3.05) is 7.11 Å². The van der Waals surface area contributed by atoms with Crippen molar-refractivity contribution in [3.05, 3.63) is 34.1 Å². The van der Waals surface area contributed by atoms with Gasteiger partial charge in [0.1, 0.15) is 11.9 Å². The summed E-state index contributed by atoms with van der Waals surface area (Å²) in [7, 11) is 1.35. The molecule has 3 nitrogen and oxygen atoms in total. The van der Waals surface area contributed by atoms with Gasteiger partial charge < -0.3 is 4.74 Å². The minimum absolute atomic E-state index is 0.0685. The summed E-state index contributed by atoms with van der Waals surface area (Å²) in [6.07, 6.45) is 0. The molecule has 94 valence electrons. The van der Waals surface area contributed by atoms with E-state index in [0.29, 0.717) is 4.47 Å². The molecule has 0 aliphatic carbocycles. The van der Waals surface area contributed by atoms with Crippen LogP contribution in [0.3, 0.4) is 0 Å². The Bertz CT molecular complexity index is 411. The lowest BCUT2D eigenvalue weighted by molar-refractivity contribution is -0.142. The van der Waals surface area contributed by atoms with E-state index < -0.39 is 6.04 Å². The first-order valence-electron chi connectivity index (χ1n) is 5.24. The summed E-state index contributed by atoms with van der Waals surface area (Å²) < 4.78 is 18.1. The molecule has 2 atom stereocenters. The largest absolute Gasteiger partial charge is 0.468 e. The zero-order valence-corrected chi connectivity index (χ0v) is 11.5. The Balaban J connectivity index is 2.72. The summed E-state index contributed by atoms with van der Waals surface area (Å²) in [4.78, 5) is 11.2. The van der Waals surface area contributed by atoms with E-state index in [1.165, 1.54) is 13.2 Å². The van der Waals surface area contributed by atoms with Crippen molar-refractivity contribution >= 4 is 21.9 Å². The van der Waals surface area contributed by atoms with E-state index in [1.54, 1.807) is 19.1 Å². The van der Waals surface area contributed by atoms with Crippen LogP contribution in [0.2, 0.25) is 0 Å². The Morgan fingerprint density at radius 2 is 2.12 bits per heavy atom. The topological polar surface area (TPSA) is 38.3 Å². The monoisotopic (exact) mass is 303 g/mol. The number of halogens is 2. The van der Waals surface area contributed by atoms with Gasteiger partial charge in [0.15, 0.2) is 0 Å². The summed E-state index contributed by atoms with van der Waals surface area (Å²) in [5.41, 5.74) is 0.897. The lowest BCUT2D eigenvalue weighted by Gasteiger charge is -2.18. The predicted octanol–water partition coefficient (Wildman–Crippen LogP) is 2.80. The number of rotatable bonds is 4. The fourth-order valence-corrected chi connectivity index (χ4v) is 1.89. The molecule has 0 heterocycles. The van der Waals surface area contributed by atoms with Crippen LogP contribution in [0.5, 0.6) is 0 Å². The van der Waals surface area contributed by atoms with Gasteiger partial charge in [-0.3, -0.25) is 10.1 Å². The Hall–Kier alpha value is -0.940. The zero-order valence-electron chi connectivity index (χ0n) is 9.96. The minimum Gasteiger partial charge on any atom is -0.468 e. The molecule has 1 aromatic carbocycles. The van der Waals surface area contributed by atoms with Crippen molar-refractivity contribution in [1.29, 1.82) is 0 Å². The fourth-order valence-electron chi connectivity index (χ4n) is 1.50. The van der Waals surface area contributed by atoms with Crippen LogP contribution < -0.4 is 5.32 Å². The fraction of sp³-hybridized carbons (Fsp3) is 0.417. The van der Waals surface area contributed by atoms with Gasteiger partial charge in [0.2, 0.25) is 0 Å². The third-order valence-electron chi connectivity index (χ3n) is 2.50. The highest BCUT2D eigenvalue weighted by Gasteiger charge is 2.16. The molecule has 0 amide bonds. The molecule has 17 heavy (non-hydrogen) atoms. The zero-order chi connectivity index (χ0) is 13.0. The number of benzene rings is 1. The van der Waals surface area contributed by atoms with Crippen molar-refractivity contribution in [3.8, 4) is 0 Å². The van der Waals surface area contributed by atoms with E-state index in [1.807, 2.05) is 6.92 Å². The van der Waals surface area contributed by atoms with Gasteiger partial charge >= 0.3 is 5.97 Å². The third-order valence-corrected chi connectivity index (χ3v) is 3.11. The Morgan fingerprint density at radius 1 is 1.47 bits per heavy atom. The van der Waals surface area contributed by atoms with E-state index in [9.17, 15) is 9.18 Å². The Labute approximate surface area is 108 Å². The molecule has 0 saturated carbocycles. The summed E-state index contributed by atoms with van der Waals surface area (Å²) in [5.74, 6) is -0.625. The van der Waals surface area contributed by atoms with Crippen LogP contribution in [0.25, 0.3) is 0 Å². The molecule has 0 saturated heterocycles.